The Morgan fingerprint density at radius 1 is 0.895 bits per heavy atom. The van der Waals surface area contributed by atoms with E-state index < -0.39 is 0 Å². The third kappa shape index (κ3) is 2.17. The summed E-state index contributed by atoms with van der Waals surface area (Å²) in [7, 11) is 0. The quantitative estimate of drug-likeness (QED) is 0.549. The summed E-state index contributed by atoms with van der Waals surface area (Å²) in [5, 5.41) is 0. The first kappa shape index (κ1) is 13.3. The van der Waals surface area contributed by atoms with Crippen molar-refractivity contribution in [3.63, 3.8) is 0 Å². The Labute approximate surface area is 128 Å². The molecule has 5 heteroatoms. The van der Waals surface area contributed by atoms with Crippen molar-refractivity contribution in [1.82, 2.24) is 0 Å². The van der Waals surface area contributed by atoms with Crippen LogP contribution in [-0.2, 0) is 9.59 Å². The van der Waals surface area contributed by atoms with Crippen LogP contribution in [0.25, 0.3) is 0 Å². The third-order valence-electron chi connectivity index (χ3n) is 3.93. The molecule has 2 fully saturated rings. The summed E-state index contributed by atoms with van der Waals surface area (Å²) in [6, 6.07) is 9.19. The normalized spacial score (nSPS) is 34.5. The minimum absolute atomic E-state index is 0.0509. The van der Waals surface area contributed by atoms with Crippen molar-refractivity contribution in [2.45, 2.75) is 22.5 Å². The van der Waals surface area contributed by atoms with Gasteiger partial charge in [-0.2, -0.15) is 0 Å². The van der Waals surface area contributed by atoms with Crippen molar-refractivity contribution in [3.05, 3.63) is 30.3 Å². The van der Waals surface area contributed by atoms with Crippen molar-refractivity contribution in [1.29, 1.82) is 0 Å². The number of anilines is 1. The highest BCUT2D eigenvalue weighted by Crippen LogP contribution is 2.44. The molecule has 1 aliphatic carbocycles. The second-order valence-corrected chi connectivity index (χ2v) is 7.42. The van der Waals surface area contributed by atoms with Crippen LogP contribution in [0.2, 0.25) is 0 Å². The highest BCUT2D eigenvalue weighted by molar-refractivity contribution is 9.12. The Morgan fingerprint density at radius 2 is 1.37 bits per heavy atom. The zero-order chi connectivity index (χ0) is 13.6. The summed E-state index contributed by atoms with van der Waals surface area (Å²) < 4.78 is 0. The summed E-state index contributed by atoms with van der Waals surface area (Å²) in [5.41, 5.74) is 0.684. The minimum atomic E-state index is -0.175. The molecular formula is C14H13Br2NO2. The second kappa shape index (κ2) is 5.02. The number of rotatable bonds is 1. The largest absolute Gasteiger partial charge is 0.274 e. The van der Waals surface area contributed by atoms with Crippen LogP contribution in [0.5, 0.6) is 0 Å². The maximum Gasteiger partial charge on any atom is 0.237 e. The van der Waals surface area contributed by atoms with Crippen LogP contribution >= 0.6 is 31.9 Å². The van der Waals surface area contributed by atoms with Crippen LogP contribution < -0.4 is 4.90 Å². The van der Waals surface area contributed by atoms with E-state index in [-0.39, 0.29) is 33.3 Å². The number of carbonyl (C=O) groups is 2. The van der Waals surface area contributed by atoms with E-state index in [0.717, 1.165) is 0 Å². The fourth-order valence-electron chi connectivity index (χ4n) is 2.93. The van der Waals surface area contributed by atoms with Crippen molar-refractivity contribution in [2.24, 2.45) is 11.8 Å². The Hall–Kier alpha value is -0.680. The number of halogens is 2. The lowest BCUT2D eigenvalue weighted by Gasteiger charge is -2.29. The summed E-state index contributed by atoms with van der Waals surface area (Å²) in [6.07, 6.45) is 1.43. The van der Waals surface area contributed by atoms with Gasteiger partial charge >= 0.3 is 0 Å². The molecule has 3 nitrogen and oxygen atoms in total. The first-order valence-corrected chi connectivity index (χ1v) is 8.13. The Kier molecular flexibility index (Phi) is 3.52. The zero-order valence-electron chi connectivity index (χ0n) is 10.1. The summed E-state index contributed by atoms with van der Waals surface area (Å²) in [4.78, 5) is 26.8. The van der Waals surface area contributed by atoms with E-state index in [1.807, 2.05) is 30.3 Å². The van der Waals surface area contributed by atoms with Crippen LogP contribution in [0.4, 0.5) is 5.69 Å². The molecule has 100 valence electrons. The van der Waals surface area contributed by atoms with Crippen LogP contribution in [0, 0.1) is 11.8 Å². The molecule has 1 heterocycles. The number of amides is 2. The molecule has 2 aliphatic rings. The fourth-order valence-corrected chi connectivity index (χ4v) is 4.16. The monoisotopic (exact) mass is 385 g/mol. The maximum atomic E-state index is 12.5. The van der Waals surface area contributed by atoms with Gasteiger partial charge in [0.05, 0.1) is 17.5 Å². The number of para-hydroxylation sites is 1. The molecule has 0 radical (unpaired) electrons. The van der Waals surface area contributed by atoms with Gasteiger partial charge in [-0.3, -0.25) is 14.5 Å². The van der Waals surface area contributed by atoms with E-state index in [0.29, 0.717) is 18.5 Å². The van der Waals surface area contributed by atoms with Crippen molar-refractivity contribution < 1.29 is 9.59 Å². The molecule has 0 N–H and O–H groups in total. The van der Waals surface area contributed by atoms with Crippen LogP contribution in [0.1, 0.15) is 12.8 Å². The third-order valence-corrected chi connectivity index (χ3v) is 6.66. The van der Waals surface area contributed by atoms with Gasteiger partial charge in [0.25, 0.3) is 0 Å². The molecule has 0 unspecified atom stereocenters. The van der Waals surface area contributed by atoms with Crippen LogP contribution in [0.3, 0.4) is 0 Å². The summed E-state index contributed by atoms with van der Waals surface area (Å²) in [5.74, 6) is -0.452. The van der Waals surface area contributed by atoms with Gasteiger partial charge in [0, 0.05) is 9.65 Å². The van der Waals surface area contributed by atoms with Gasteiger partial charge < -0.3 is 0 Å². The summed E-state index contributed by atoms with van der Waals surface area (Å²) >= 11 is 7.17. The van der Waals surface area contributed by atoms with Crippen LogP contribution in [0.15, 0.2) is 30.3 Å². The molecule has 1 saturated heterocycles. The van der Waals surface area contributed by atoms with Crippen LogP contribution in [-0.4, -0.2) is 21.5 Å². The fraction of sp³-hybridized carbons (Fsp3) is 0.429. The van der Waals surface area contributed by atoms with Gasteiger partial charge in [-0.05, 0) is 25.0 Å². The molecule has 1 aromatic carbocycles. The number of carbonyl (C=O) groups excluding carboxylic acids is 2. The smallest absolute Gasteiger partial charge is 0.237 e. The SMILES string of the molecule is O=C1[C@H]2C[C@@H](Br)[C@@H](Br)C[C@@H]2C(=O)N1c1ccccc1. The van der Waals surface area contributed by atoms with E-state index >= 15 is 0 Å². The lowest BCUT2D eigenvalue weighted by atomic mass is 9.81. The topological polar surface area (TPSA) is 37.4 Å². The maximum absolute atomic E-state index is 12.5. The molecule has 0 aromatic heterocycles. The first-order valence-electron chi connectivity index (χ1n) is 6.30. The average molecular weight is 387 g/mol. The van der Waals surface area contributed by atoms with E-state index in [9.17, 15) is 9.59 Å². The predicted octanol–water partition coefficient (Wildman–Crippen LogP) is 3.11. The Balaban J connectivity index is 1.94. The second-order valence-electron chi connectivity index (χ2n) is 5.06. The van der Waals surface area contributed by atoms with Gasteiger partial charge in [0.1, 0.15) is 0 Å². The van der Waals surface area contributed by atoms with E-state index in [1.165, 1.54) is 4.90 Å². The first-order chi connectivity index (χ1) is 9.09. The summed E-state index contributed by atoms with van der Waals surface area (Å²) in [6.45, 7) is 0. The number of fused-ring (bicyclic) bond motifs is 1. The highest BCUT2D eigenvalue weighted by atomic mass is 79.9. The molecule has 1 saturated carbocycles. The van der Waals surface area contributed by atoms with Gasteiger partial charge in [-0.15, -0.1) is 0 Å². The highest BCUT2D eigenvalue weighted by Gasteiger charge is 2.52. The number of nitrogens with zero attached hydrogens (tertiary/aromatic N) is 1. The molecule has 1 aliphatic heterocycles. The van der Waals surface area contributed by atoms with Crippen molar-refractivity contribution in [2.75, 3.05) is 4.90 Å². The lowest BCUT2D eigenvalue weighted by molar-refractivity contribution is -0.122. The van der Waals surface area contributed by atoms with Gasteiger partial charge in [0.15, 0.2) is 0 Å². The van der Waals surface area contributed by atoms with E-state index in [4.69, 9.17) is 0 Å². The van der Waals surface area contributed by atoms with Gasteiger partial charge in [0.2, 0.25) is 11.8 Å². The lowest BCUT2D eigenvalue weighted by Crippen LogP contribution is -2.34. The molecule has 19 heavy (non-hydrogen) atoms. The number of imide groups is 1. The molecule has 0 bridgehead atoms. The molecule has 2 amide bonds. The molecule has 4 atom stereocenters. The number of benzene rings is 1. The molecule has 3 rings (SSSR count). The average Bonchev–Trinajstić information content (AvgIpc) is 2.64. The molecular weight excluding hydrogens is 374 g/mol. The zero-order valence-corrected chi connectivity index (χ0v) is 13.3. The minimum Gasteiger partial charge on any atom is -0.274 e. The van der Waals surface area contributed by atoms with Gasteiger partial charge in [-0.25, -0.2) is 0 Å². The Bertz CT molecular complexity index is 491. The van der Waals surface area contributed by atoms with E-state index in [2.05, 4.69) is 31.9 Å². The molecule has 1 aromatic rings. The van der Waals surface area contributed by atoms with Crippen molar-refractivity contribution in [3.8, 4) is 0 Å². The number of hydrogen-bond donors (Lipinski definition) is 0. The van der Waals surface area contributed by atoms with Crippen molar-refractivity contribution >= 4 is 49.4 Å². The van der Waals surface area contributed by atoms with E-state index in [1.54, 1.807) is 0 Å². The predicted molar refractivity (Wildman–Crippen MR) is 80.6 cm³/mol. The number of alkyl halides is 2. The van der Waals surface area contributed by atoms with Gasteiger partial charge in [-0.1, -0.05) is 50.1 Å². The molecule has 0 spiro atoms. The standard InChI is InChI=1S/C14H13Br2NO2/c15-11-6-9-10(7-12(11)16)14(19)17(13(9)18)8-4-2-1-3-5-8/h1-5,9-12H,6-7H2/t9-,10-,11-,12+/m0/s1. The Morgan fingerprint density at radius 3 is 1.84 bits per heavy atom. The number of hydrogen-bond acceptors (Lipinski definition) is 2.